The van der Waals surface area contributed by atoms with E-state index in [0.717, 1.165) is 17.1 Å². The third-order valence-electron chi connectivity index (χ3n) is 3.72. The summed E-state index contributed by atoms with van der Waals surface area (Å²) >= 11 is 0. The highest BCUT2D eigenvalue weighted by Crippen LogP contribution is 2.38. The largest absolute Gasteiger partial charge is 0.340 e. The van der Waals surface area contributed by atoms with E-state index < -0.39 is 0 Å². The molecular formula is C17H14FN3. The fourth-order valence-electron chi connectivity index (χ4n) is 2.72. The fraction of sp³-hybridized carbons (Fsp3) is 0.0588. The van der Waals surface area contributed by atoms with Crippen LogP contribution in [0.4, 0.5) is 15.9 Å². The average molecular weight is 279 g/mol. The zero-order chi connectivity index (χ0) is 14.4. The first-order valence-electron chi connectivity index (χ1n) is 6.83. The Bertz CT molecular complexity index is 904. The van der Waals surface area contributed by atoms with E-state index in [9.17, 15) is 4.39 Å². The van der Waals surface area contributed by atoms with Crippen LogP contribution in [0.1, 0.15) is 5.56 Å². The Kier molecular flexibility index (Phi) is 2.51. The Morgan fingerprint density at radius 1 is 1.00 bits per heavy atom. The Morgan fingerprint density at radius 3 is 2.76 bits per heavy atom. The molecule has 21 heavy (non-hydrogen) atoms. The highest BCUT2D eigenvalue weighted by molar-refractivity contribution is 6.04. The number of aromatic nitrogens is 2. The molecule has 4 heteroatoms. The van der Waals surface area contributed by atoms with E-state index in [2.05, 4.69) is 46.7 Å². The fourth-order valence-corrected chi connectivity index (χ4v) is 2.72. The lowest BCUT2D eigenvalue weighted by atomic mass is 10.1. The van der Waals surface area contributed by atoms with Crippen molar-refractivity contribution in [3.8, 4) is 11.3 Å². The molecule has 0 radical (unpaired) electrons. The first-order valence-corrected chi connectivity index (χ1v) is 6.83. The van der Waals surface area contributed by atoms with Crippen molar-refractivity contribution >= 4 is 22.3 Å². The van der Waals surface area contributed by atoms with Crippen LogP contribution in [0, 0.1) is 12.7 Å². The van der Waals surface area contributed by atoms with E-state index in [0.29, 0.717) is 5.69 Å². The van der Waals surface area contributed by atoms with Gasteiger partial charge in [-0.3, -0.25) is 10.2 Å². The summed E-state index contributed by atoms with van der Waals surface area (Å²) in [5.74, 6) is 0.583. The van der Waals surface area contributed by atoms with Gasteiger partial charge in [0.1, 0.15) is 11.6 Å². The minimum Gasteiger partial charge on any atom is -0.340 e. The van der Waals surface area contributed by atoms with Crippen molar-refractivity contribution < 1.29 is 4.39 Å². The van der Waals surface area contributed by atoms with Crippen molar-refractivity contribution in [2.75, 3.05) is 5.32 Å². The van der Waals surface area contributed by atoms with E-state index in [4.69, 9.17) is 0 Å². The molecule has 0 saturated carbocycles. The zero-order valence-corrected chi connectivity index (χ0v) is 11.5. The number of anilines is 2. The van der Waals surface area contributed by atoms with Gasteiger partial charge in [-0.2, -0.15) is 0 Å². The van der Waals surface area contributed by atoms with Gasteiger partial charge in [0, 0.05) is 16.6 Å². The Hall–Kier alpha value is -2.75. The molecule has 104 valence electrons. The first-order chi connectivity index (χ1) is 10.2. The van der Waals surface area contributed by atoms with Gasteiger partial charge in [-0.05, 0) is 42.6 Å². The monoisotopic (exact) mass is 279 g/mol. The summed E-state index contributed by atoms with van der Waals surface area (Å²) in [6.45, 7) is 2.08. The standard InChI is InChI=1S/C17H14FN3/c1-10-5-6-11-8-15-16(14(11)7-10)20-21-17(15)19-13-4-2-3-12(18)9-13/h2-9,19-21H,1H3. The normalized spacial score (nSPS) is 11.3. The SMILES string of the molecule is Cc1ccc2cc3c(Nc4cccc(F)c4)[nH][nH]c-3c2c1. The highest BCUT2D eigenvalue weighted by Gasteiger charge is 2.16. The molecule has 4 rings (SSSR count). The summed E-state index contributed by atoms with van der Waals surface area (Å²) < 4.78 is 13.3. The van der Waals surface area contributed by atoms with E-state index in [1.165, 1.54) is 28.5 Å². The van der Waals surface area contributed by atoms with Gasteiger partial charge in [-0.25, -0.2) is 4.39 Å². The quantitative estimate of drug-likeness (QED) is 0.485. The molecule has 1 heterocycles. The maximum Gasteiger partial charge on any atom is 0.132 e. The molecule has 1 aliphatic heterocycles. The molecule has 0 unspecified atom stereocenters. The maximum absolute atomic E-state index is 13.3. The van der Waals surface area contributed by atoms with Crippen LogP contribution >= 0.6 is 0 Å². The molecule has 0 bridgehead atoms. The van der Waals surface area contributed by atoms with E-state index >= 15 is 0 Å². The topological polar surface area (TPSA) is 43.6 Å². The van der Waals surface area contributed by atoms with Crippen LogP contribution in [0.5, 0.6) is 0 Å². The molecule has 2 aromatic carbocycles. The van der Waals surface area contributed by atoms with Gasteiger partial charge in [0.2, 0.25) is 0 Å². The lowest BCUT2D eigenvalue weighted by Gasteiger charge is -2.04. The smallest absolute Gasteiger partial charge is 0.132 e. The van der Waals surface area contributed by atoms with Gasteiger partial charge in [0.05, 0.1) is 5.69 Å². The molecule has 0 atom stereocenters. The van der Waals surface area contributed by atoms with Gasteiger partial charge >= 0.3 is 0 Å². The molecule has 0 spiro atoms. The van der Waals surface area contributed by atoms with Gasteiger partial charge in [0.25, 0.3) is 0 Å². The molecule has 0 saturated heterocycles. The van der Waals surface area contributed by atoms with E-state index in [-0.39, 0.29) is 5.82 Å². The van der Waals surface area contributed by atoms with Crippen molar-refractivity contribution in [3.63, 3.8) is 0 Å². The van der Waals surface area contributed by atoms with Crippen molar-refractivity contribution in [1.29, 1.82) is 0 Å². The summed E-state index contributed by atoms with van der Waals surface area (Å²) in [5.41, 5.74) is 4.07. The Balaban J connectivity index is 1.79. The van der Waals surface area contributed by atoms with Crippen molar-refractivity contribution in [1.82, 2.24) is 10.2 Å². The van der Waals surface area contributed by atoms with Crippen LogP contribution in [0.15, 0.2) is 48.5 Å². The third-order valence-corrected chi connectivity index (χ3v) is 3.72. The second-order valence-electron chi connectivity index (χ2n) is 5.28. The molecule has 0 amide bonds. The van der Waals surface area contributed by atoms with Gasteiger partial charge in [0.15, 0.2) is 0 Å². The number of hydrogen-bond acceptors (Lipinski definition) is 1. The van der Waals surface area contributed by atoms with E-state index in [1.807, 2.05) is 6.07 Å². The average Bonchev–Trinajstić information content (AvgIpc) is 2.99. The molecular weight excluding hydrogens is 265 g/mol. The summed E-state index contributed by atoms with van der Waals surface area (Å²) in [4.78, 5) is 0. The third kappa shape index (κ3) is 1.96. The maximum atomic E-state index is 13.3. The van der Waals surface area contributed by atoms with Crippen molar-refractivity contribution in [2.24, 2.45) is 0 Å². The Morgan fingerprint density at radius 2 is 1.90 bits per heavy atom. The molecule has 2 aliphatic rings. The first kappa shape index (κ1) is 12.0. The number of benzene rings is 2. The minimum atomic E-state index is -0.255. The summed E-state index contributed by atoms with van der Waals surface area (Å²) in [6, 6.07) is 14.9. The van der Waals surface area contributed by atoms with Crippen LogP contribution in [-0.4, -0.2) is 10.2 Å². The van der Waals surface area contributed by atoms with Crippen LogP contribution in [-0.2, 0) is 0 Å². The van der Waals surface area contributed by atoms with Gasteiger partial charge in [-0.1, -0.05) is 23.8 Å². The van der Waals surface area contributed by atoms with Gasteiger partial charge < -0.3 is 5.32 Å². The van der Waals surface area contributed by atoms with Crippen LogP contribution < -0.4 is 5.32 Å². The predicted molar refractivity (Wildman–Crippen MR) is 83.7 cm³/mol. The number of aromatic amines is 2. The van der Waals surface area contributed by atoms with Crippen LogP contribution in [0.25, 0.3) is 22.0 Å². The lowest BCUT2D eigenvalue weighted by Crippen LogP contribution is -1.91. The molecule has 1 aliphatic carbocycles. The molecule has 0 aromatic heterocycles. The summed E-state index contributed by atoms with van der Waals surface area (Å²) in [7, 11) is 0. The van der Waals surface area contributed by atoms with Gasteiger partial charge in [-0.15, -0.1) is 0 Å². The lowest BCUT2D eigenvalue weighted by molar-refractivity contribution is 0.628. The molecule has 3 N–H and O–H groups in total. The second-order valence-corrected chi connectivity index (χ2v) is 5.28. The van der Waals surface area contributed by atoms with E-state index in [1.54, 1.807) is 6.07 Å². The molecule has 2 aromatic rings. The Labute approximate surface area is 121 Å². The summed E-state index contributed by atoms with van der Waals surface area (Å²) in [5, 5.41) is 11.9. The number of hydrogen-bond donors (Lipinski definition) is 3. The number of aryl methyl sites for hydroxylation is 1. The predicted octanol–water partition coefficient (Wildman–Crippen LogP) is 4.79. The minimum absolute atomic E-state index is 0.255. The highest BCUT2D eigenvalue weighted by atomic mass is 19.1. The second kappa shape index (κ2) is 4.38. The number of fused-ring (bicyclic) bond motifs is 3. The van der Waals surface area contributed by atoms with Crippen LogP contribution in [0.2, 0.25) is 0 Å². The molecule has 3 nitrogen and oxygen atoms in total. The number of nitrogens with one attached hydrogen (secondary N) is 3. The number of H-pyrrole nitrogens is 2. The zero-order valence-electron chi connectivity index (χ0n) is 11.5. The number of rotatable bonds is 2. The number of halogens is 1. The van der Waals surface area contributed by atoms with Crippen molar-refractivity contribution in [2.45, 2.75) is 6.92 Å². The van der Waals surface area contributed by atoms with Crippen molar-refractivity contribution in [3.05, 3.63) is 59.9 Å². The van der Waals surface area contributed by atoms with Crippen LogP contribution in [0.3, 0.4) is 0 Å². The summed E-state index contributed by atoms with van der Waals surface area (Å²) in [6.07, 6.45) is 0. The molecule has 0 fully saturated rings.